The first-order valence-electron chi connectivity index (χ1n) is 5.35. The number of hydrogen-bond acceptors (Lipinski definition) is 4. The fourth-order valence-electron chi connectivity index (χ4n) is 0.805. The van der Waals surface area contributed by atoms with Crippen LogP contribution in [-0.4, -0.2) is 23.1 Å². The minimum Gasteiger partial charge on any atom is -0.300 e. The molecule has 0 saturated heterocycles. The number of Topliss-reactive ketones (excluding diaryl/α,β-unsaturated/α-hetero) is 4. The summed E-state index contributed by atoms with van der Waals surface area (Å²) in [5.41, 5.74) is 0. The van der Waals surface area contributed by atoms with Gasteiger partial charge in [0.2, 0.25) is 0 Å². The van der Waals surface area contributed by atoms with Crippen LogP contribution in [0.5, 0.6) is 0 Å². The molecule has 0 aromatic rings. The highest BCUT2D eigenvalue weighted by atomic mass is 16.2. The SMILES string of the molecule is CCC(=O)CC(C)=O.CCC(=O)CC(C)=O. The van der Waals surface area contributed by atoms with Crippen LogP contribution in [0.1, 0.15) is 53.4 Å². The van der Waals surface area contributed by atoms with Crippen molar-refractivity contribution in [2.24, 2.45) is 0 Å². The van der Waals surface area contributed by atoms with Gasteiger partial charge in [-0.1, -0.05) is 13.8 Å². The van der Waals surface area contributed by atoms with E-state index in [1.54, 1.807) is 13.8 Å². The quantitative estimate of drug-likeness (QED) is 0.651. The van der Waals surface area contributed by atoms with Gasteiger partial charge in [0.1, 0.15) is 23.1 Å². The third-order valence-electron chi connectivity index (χ3n) is 1.68. The first kappa shape index (κ1) is 17.1. The zero-order valence-corrected chi connectivity index (χ0v) is 10.5. The van der Waals surface area contributed by atoms with E-state index >= 15 is 0 Å². The molecule has 0 aromatic carbocycles. The van der Waals surface area contributed by atoms with Crippen molar-refractivity contribution in [2.75, 3.05) is 0 Å². The van der Waals surface area contributed by atoms with Crippen LogP contribution in [0.3, 0.4) is 0 Å². The molecule has 0 aliphatic carbocycles. The van der Waals surface area contributed by atoms with E-state index in [1.807, 2.05) is 0 Å². The average Bonchev–Trinajstić information content (AvgIpc) is 2.16. The average molecular weight is 228 g/mol. The molecule has 0 rings (SSSR count). The molecule has 0 saturated carbocycles. The number of ketones is 4. The topological polar surface area (TPSA) is 68.3 Å². The van der Waals surface area contributed by atoms with E-state index in [4.69, 9.17) is 0 Å². The van der Waals surface area contributed by atoms with Crippen LogP contribution in [0.25, 0.3) is 0 Å². The molecule has 0 N–H and O–H groups in total. The molecule has 4 nitrogen and oxygen atoms in total. The summed E-state index contributed by atoms with van der Waals surface area (Å²) in [4.78, 5) is 41.2. The van der Waals surface area contributed by atoms with Crippen molar-refractivity contribution >= 4 is 23.1 Å². The zero-order chi connectivity index (χ0) is 13.1. The molecule has 0 bridgehead atoms. The van der Waals surface area contributed by atoms with E-state index < -0.39 is 0 Å². The van der Waals surface area contributed by atoms with Crippen molar-refractivity contribution in [3.05, 3.63) is 0 Å². The highest BCUT2D eigenvalue weighted by Gasteiger charge is 2.00. The van der Waals surface area contributed by atoms with Crippen molar-refractivity contribution in [1.82, 2.24) is 0 Å². The first-order chi connectivity index (χ1) is 7.33. The van der Waals surface area contributed by atoms with Crippen LogP contribution in [0, 0.1) is 0 Å². The highest BCUT2D eigenvalue weighted by molar-refractivity contribution is 5.98. The highest BCUT2D eigenvalue weighted by Crippen LogP contribution is 1.88. The Morgan fingerprint density at radius 2 is 0.938 bits per heavy atom. The van der Waals surface area contributed by atoms with Crippen molar-refractivity contribution in [3.8, 4) is 0 Å². The molecule has 4 heteroatoms. The maximum Gasteiger partial charge on any atom is 0.139 e. The second-order valence-corrected chi connectivity index (χ2v) is 3.54. The van der Waals surface area contributed by atoms with E-state index in [2.05, 4.69) is 0 Å². The molecular weight excluding hydrogens is 208 g/mol. The molecule has 0 fully saturated rings. The normalized spacial score (nSPS) is 8.75. The Morgan fingerprint density at radius 3 is 1.00 bits per heavy atom. The zero-order valence-electron chi connectivity index (χ0n) is 10.5. The maximum atomic E-state index is 10.4. The molecule has 0 aliphatic rings. The van der Waals surface area contributed by atoms with E-state index in [1.165, 1.54) is 13.8 Å². The number of hydrogen-bond donors (Lipinski definition) is 0. The summed E-state index contributed by atoms with van der Waals surface area (Å²) in [5, 5.41) is 0. The summed E-state index contributed by atoms with van der Waals surface area (Å²) in [6.07, 6.45) is 1.16. The molecular formula is C12H20O4. The van der Waals surface area contributed by atoms with E-state index in [-0.39, 0.29) is 36.0 Å². The Kier molecular flexibility index (Phi) is 10.9. The van der Waals surface area contributed by atoms with Crippen molar-refractivity contribution in [3.63, 3.8) is 0 Å². The minimum absolute atomic E-state index is 0.0255. The third-order valence-corrected chi connectivity index (χ3v) is 1.68. The van der Waals surface area contributed by atoms with E-state index in [9.17, 15) is 19.2 Å². The second-order valence-electron chi connectivity index (χ2n) is 3.54. The number of carbonyl (C=O) groups excluding carboxylic acids is 4. The monoisotopic (exact) mass is 228 g/mol. The van der Waals surface area contributed by atoms with Gasteiger partial charge in [0.25, 0.3) is 0 Å². The van der Waals surface area contributed by atoms with Crippen LogP contribution in [0.2, 0.25) is 0 Å². The predicted octanol–water partition coefficient (Wildman–Crippen LogP) is 1.89. The molecule has 0 radical (unpaired) electrons. The number of carbonyl (C=O) groups is 4. The molecule has 0 aliphatic heterocycles. The van der Waals surface area contributed by atoms with Gasteiger partial charge in [0.15, 0.2) is 0 Å². The number of rotatable bonds is 6. The lowest BCUT2D eigenvalue weighted by molar-refractivity contribution is -0.127. The Labute approximate surface area is 96.4 Å². The molecule has 0 atom stereocenters. The Morgan fingerprint density at radius 1 is 0.688 bits per heavy atom. The summed E-state index contributed by atoms with van der Waals surface area (Å²) < 4.78 is 0. The maximum absolute atomic E-state index is 10.4. The lowest BCUT2D eigenvalue weighted by Gasteiger charge is -1.87. The van der Waals surface area contributed by atoms with Gasteiger partial charge in [-0.2, -0.15) is 0 Å². The van der Waals surface area contributed by atoms with Crippen LogP contribution in [-0.2, 0) is 19.2 Å². The third kappa shape index (κ3) is 15.2. The fraction of sp³-hybridized carbons (Fsp3) is 0.667. The summed E-state index contributed by atoms with van der Waals surface area (Å²) in [6.45, 7) is 6.36. The molecule has 92 valence electrons. The van der Waals surface area contributed by atoms with Gasteiger partial charge in [-0.15, -0.1) is 0 Å². The lowest BCUT2D eigenvalue weighted by Crippen LogP contribution is -2.01. The summed E-state index contributed by atoms with van der Waals surface area (Å²) in [7, 11) is 0. The van der Waals surface area contributed by atoms with Crippen LogP contribution >= 0.6 is 0 Å². The molecule has 0 spiro atoms. The second kappa shape index (κ2) is 10.2. The molecule has 0 unspecified atom stereocenters. The molecule has 0 heterocycles. The smallest absolute Gasteiger partial charge is 0.139 e. The molecule has 16 heavy (non-hydrogen) atoms. The molecule has 0 aromatic heterocycles. The van der Waals surface area contributed by atoms with Crippen LogP contribution < -0.4 is 0 Å². The van der Waals surface area contributed by atoms with Crippen molar-refractivity contribution < 1.29 is 19.2 Å². The Hall–Kier alpha value is -1.32. The standard InChI is InChI=1S/2C6H10O2/c2*1-3-6(8)4-5(2)7/h2*3-4H2,1-2H3. The van der Waals surface area contributed by atoms with Gasteiger partial charge in [-0.25, -0.2) is 0 Å². The van der Waals surface area contributed by atoms with Gasteiger partial charge >= 0.3 is 0 Å². The van der Waals surface area contributed by atoms with E-state index in [0.717, 1.165) is 0 Å². The first-order valence-corrected chi connectivity index (χ1v) is 5.35. The van der Waals surface area contributed by atoms with Crippen LogP contribution in [0.15, 0.2) is 0 Å². The van der Waals surface area contributed by atoms with E-state index in [0.29, 0.717) is 12.8 Å². The van der Waals surface area contributed by atoms with Crippen molar-refractivity contribution in [2.45, 2.75) is 53.4 Å². The summed E-state index contributed by atoms with van der Waals surface area (Å²) in [5.74, 6) is -0.0382. The van der Waals surface area contributed by atoms with Gasteiger partial charge in [0, 0.05) is 12.8 Å². The fourth-order valence-corrected chi connectivity index (χ4v) is 0.805. The van der Waals surface area contributed by atoms with Crippen LogP contribution in [0.4, 0.5) is 0 Å². The molecule has 0 amide bonds. The largest absolute Gasteiger partial charge is 0.300 e. The van der Waals surface area contributed by atoms with Gasteiger partial charge in [-0.3, -0.25) is 19.2 Å². The van der Waals surface area contributed by atoms with Crippen molar-refractivity contribution in [1.29, 1.82) is 0 Å². The Balaban J connectivity index is 0. The van der Waals surface area contributed by atoms with Gasteiger partial charge in [-0.05, 0) is 13.8 Å². The Bertz CT molecular complexity index is 238. The summed E-state index contributed by atoms with van der Waals surface area (Å²) in [6, 6.07) is 0. The minimum atomic E-state index is -0.0446. The lowest BCUT2D eigenvalue weighted by atomic mass is 10.2. The van der Waals surface area contributed by atoms with Gasteiger partial charge < -0.3 is 0 Å². The predicted molar refractivity (Wildman–Crippen MR) is 61.2 cm³/mol. The van der Waals surface area contributed by atoms with Gasteiger partial charge in [0.05, 0.1) is 12.8 Å². The summed E-state index contributed by atoms with van der Waals surface area (Å²) >= 11 is 0.